The van der Waals surface area contributed by atoms with Crippen LogP contribution in [0.5, 0.6) is 0 Å². The Morgan fingerprint density at radius 2 is 1.74 bits per heavy atom. The van der Waals surface area contributed by atoms with Crippen LogP contribution < -0.4 is 15.6 Å². The van der Waals surface area contributed by atoms with Crippen LogP contribution in [0.25, 0.3) is 22.4 Å². The van der Waals surface area contributed by atoms with E-state index in [-0.39, 0.29) is 17.2 Å². The van der Waals surface area contributed by atoms with Crippen molar-refractivity contribution in [2.45, 2.75) is 70.3 Å². The second kappa shape index (κ2) is 12.1. The first-order valence-electron chi connectivity index (χ1n) is 13.3. The van der Waals surface area contributed by atoms with Gasteiger partial charge in [0.05, 0.1) is 24.1 Å². The zero-order valence-corrected chi connectivity index (χ0v) is 24.3. The third-order valence-corrected chi connectivity index (χ3v) is 8.41. The highest BCUT2D eigenvalue weighted by Gasteiger charge is 2.31. The predicted octanol–water partition coefficient (Wildman–Crippen LogP) is 4.69. The molecule has 2 N–H and O–H groups in total. The lowest BCUT2D eigenvalue weighted by atomic mass is 9.91. The van der Waals surface area contributed by atoms with Crippen LogP contribution in [0, 0.1) is 11.6 Å². The molecule has 4 rings (SSSR count). The zero-order valence-electron chi connectivity index (χ0n) is 23.5. The Morgan fingerprint density at radius 3 is 2.33 bits per heavy atom. The maximum atomic E-state index is 15.2. The van der Waals surface area contributed by atoms with Crippen LogP contribution in [-0.2, 0) is 10.0 Å². The molecular formula is C26H32F5N7O3S. The number of benzene rings is 1. The highest BCUT2D eigenvalue weighted by atomic mass is 32.2. The summed E-state index contributed by atoms with van der Waals surface area (Å²) >= 11 is 0. The number of aromatic nitrogens is 4. The molecule has 0 saturated heterocycles. The largest absolute Gasteiger partial charge is 0.390 e. The van der Waals surface area contributed by atoms with Gasteiger partial charge in [-0.1, -0.05) is 0 Å². The van der Waals surface area contributed by atoms with E-state index in [1.54, 1.807) is 18.6 Å². The fourth-order valence-electron chi connectivity index (χ4n) is 4.92. The van der Waals surface area contributed by atoms with Gasteiger partial charge in [0.15, 0.2) is 5.65 Å². The van der Waals surface area contributed by atoms with E-state index in [4.69, 9.17) is 0 Å². The van der Waals surface area contributed by atoms with Crippen molar-refractivity contribution in [2.24, 2.45) is 0 Å². The van der Waals surface area contributed by atoms with Crippen molar-refractivity contribution in [3.8, 4) is 11.3 Å². The number of halogens is 5. The lowest BCUT2D eigenvalue weighted by molar-refractivity contribution is -0.129. The topological polar surface area (TPSA) is 122 Å². The number of nitrogens with zero attached hydrogens (tertiary/aromatic N) is 5. The molecule has 0 bridgehead atoms. The minimum atomic E-state index is -4.76. The number of nitrogens with one attached hydrogen (secondary N) is 2. The summed E-state index contributed by atoms with van der Waals surface area (Å²) in [6.45, 7) is 3.41. The van der Waals surface area contributed by atoms with E-state index in [1.807, 2.05) is 0 Å². The summed E-state index contributed by atoms with van der Waals surface area (Å²) < 4.78 is 94.2. The molecule has 1 fully saturated rings. The first kappa shape index (κ1) is 31.5. The van der Waals surface area contributed by atoms with Gasteiger partial charge in [-0.05, 0) is 59.7 Å². The van der Waals surface area contributed by atoms with Crippen molar-refractivity contribution in [1.82, 2.24) is 24.4 Å². The van der Waals surface area contributed by atoms with E-state index >= 15 is 4.39 Å². The number of fused-ring (bicyclic) bond motifs is 1. The first-order chi connectivity index (χ1) is 19.5. The van der Waals surface area contributed by atoms with Gasteiger partial charge in [-0.25, -0.2) is 27.2 Å². The number of hydrogen-bond donors (Lipinski definition) is 2. The van der Waals surface area contributed by atoms with E-state index in [0.717, 1.165) is 25.7 Å². The normalized spacial score (nSPS) is 18.2. The summed E-state index contributed by atoms with van der Waals surface area (Å²) in [5.41, 5.74) is -2.38. The summed E-state index contributed by atoms with van der Waals surface area (Å²) in [5.74, 6) is -3.59. The molecule has 0 radical (unpaired) electrons. The first-order valence-corrected chi connectivity index (χ1v) is 15.0. The van der Waals surface area contributed by atoms with Gasteiger partial charge in [0.25, 0.3) is 5.56 Å². The van der Waals surface area contributed by atoms with Crippen molar-refractivity contribution >= 4 is 32.8 Å². The molecule has 230 valence electrons. The Bertz CT molecular complexity index is 1620. The van der Waals surface area contributed by atoms with Gasteiger partial charge in [-0.15, -0.1) is 0 Å². The van der Waals surface area contributed by atoms with Gasteiger partial charge >= 0.3 is 6.18 Å². The number of hydrogen-bond acceptors (Lipinski definition) is 8. The summed E-state index contributed by atoms with van der Waals surface area (Å²) in [5, 5.41) is 3.31. The van der Waals surface area contributed by atoms with Gasteiger partial charge in [0, 0.05) is 29.8 Å². The molecule has 42 heavy (non-hydrogen) atoms. The molecule has 1 aliphatic rings. The lowest BCUT2D eigenvalue weighted by Crippen LogP contribution is -2.36. The molecule has 0 spiro atoms. The van der Waals surface area contributed by atoms with Crippen molar-refractivity contribution in [2.75, 3.05) is 29.9 Å². The molecule has 10 nitrogen and oxygen atoms in total. The second-order valence-corrected chi connectivity index (χ2v) is 12.7. The van der Waals surface area contributed by atoms with Crippen molar-refractivity contribution < 1.29 is 30.4 Å². The average molecular weight is 618 g/mol. The quantitative estimate of drug-likeness (QED) is 0.332. The Balaban J connectivity index is 1.66. The van der Waals surface area contributed by atoms with Crippen LogP contribution in [0.15, 0.2) is 23.1 Å². The Morgan fingerprint density at radius 1 is 1.07 bits per heavy atom. The van der Waals surface area contributed by atoms with E-state index in [1.165, 1.54) is 10.8 Å². The zero-order chi connectivity index (χ0) is 31.0. The predicted molar refractivity (Wildman–Crippen MR) is 149 cm³/mol. The van der Waals surface area contributed by atoms with E-state index in [9.17, 15) is 30.8 Å². The van der Waals surface area contributed by atoms with Crippen molar-refractivity contribution in [3.05, 3.63) is 40.3 Å². The minimum Gasteiger partial charge on any atom is -0.351 e. The minimum absolute atomic E-state index is 0.136. The smallest absolute Gasteiger partial charge is 0.351 e. The van der Waals surface area contributed by atoms with Gasteiger partial charge in [-0.2, -0.15) is 18.2 Å². The second-order valence-electron chi connectivity index (χ2n) is 10.8. The average Bonchev–Trinajstić information content (AvgIpc) is 2.89. The van der Waals surface area contributed by atoms with E-state index in [0.29, 0.717) is 24.1 Å². The number of rotatable bonds is 9. The Labute approximate surface area is 239 Å². The molecule has 16 heteroatoms. The van der Waals surface area contributed by atoms with Crippen LogP contribution in [0.3, 0.4) is 0 Å². The highest BCUT2D eigenvalue weighted by molar-refractivity contribution is 7.92. The SMILES string of the molecule is CC(C)n1c(=O)c(-c2cc(F)c(NS(=O)(=O)CCC(F)(F)F)cc2F)nc2cnc(N[C@H]3CC[C@H](N(C)C)CC3)nc21. The van der Waals surface area contributed by atoms with Crippen molar-refractivity contribution in [1.29, 1.82) is 0 Å². The molecule has 3 aromatic rings. The fourth-order valence-corrected chi connectivity index (χ4v) is 6.01. The molecule has 0 unspecified atom stereocenters. The van der Waals surface area contributed by atoms with Gasteiger partial charge in [0.2, 0.25) is 16.0 Å². The molecule has 1 aliphatic carbocycles. The van der Waals surface area contributed by atoms with Crippen molar-refractivity contribution in [3.63, 3.8) is 0 Å². The summed E-state index contributed by atoms with van der Waals surface area (Å²) in [7, 11) is -0.541. The molecule has 1 saturated carbocycles. The van der Waals surface area contributed by atoms with E-state index < -0.39 is 68.6 Å². The summed E-state index contributed by atoms with van der Waals surface area (Å²) in [4.78, 5) is 28.7. The van der Waals surface area contributed by atoms with Crippen LogP contribution in [0.4, 0.5) is 33.6 Å². The molecule has 0 atom stereocenters. The molecule has 0 amide bonds. The summed E-state index contributed by atoms with van der Waals surface area (Å²) in [6, 6.07) is 1.20. The standard InChI is InChI=1S/C26H32F5N7O3S/c1-14(2)38-23-21(13-32-25(35-23)33-15-5-7-16(8-6-15)37(3)4)34-22(24(38)39)17-11-19(28)20(12-18(17)27)36-42(40,41)10-9-26(29,30)31/h11-16,36H,5-10H2,1-4H3,(H,32,33,35)/t15-,16-. The van der Waals surface area contributed by atoms with Gasteiger partial charge in [-0.3, -0.25) is 14.1 Å². The number of sulfonamides is 1. The Kier molecular flexibility index (Phi) is 9.06. The van der Waals surface area contributed by atoms with E-state index in [2.05, 4.69) is 39.3 Å². The Hall–Kier alpha value is -3.40. The van der Waals surface area contributed by atoms with Crippen LogP contribution in [0.1, 0.15) is 52.0 Å². The molecule has 2 aromatic heterocycles. The van der Waals surface area contributed by atoms with Gasteiger partial charge < -0.3 is 10.2 Å². The molecular weight excluding hydrogens is 585 g/mol. The number of anilines is 2. The lowest BCUT2D eigenvalue weighted by Gasteiger charge is -2.32. The molecule has 1 aromatic carbocycles. The third-order valence-electron chi connectivity index (χ3n) is 7.14. The van der Waals surface area contributed by atoms with Crippen LogP contribution in [0.2, 0.25) is 0 Å². The fraction of sp³-hybridized carbons (Fsp3) is 0.538. The summed E-state index contributed by atoms with van der Waals surface area (Å²) in [6.07, 6.45) is -1.21. The van der Waals surface area contributed by atoms with Crippen LogP contribution in [-0.4, -0.2) is 70.9 Å². The van der Waals surface area contributed by atoms with Gasteiger partial charge in [0.1, 0.15) is 22.8 Å². The maximum Gasteiger partial charge on any atom is 0.390 e. The van der Waals surface area contributed by atoms with Crippen LogP contribution >= 0.6 is 0 Å². The monoisotopic (exact) mass is 617 g/mol. The highest BCUT2D eigenvalue weighted by Crippen LogP contribution is 2.29. The molecule has 2 heterocycles. The maximum absolute atomic E-state index is 15.2. The third kappa shape index (κ3) is 7.32. The molecule has 0 aliphatic heterocycles. The number of alkyl halides is 3.